The van der Waals surface area contributed by atoms with Crippen LogP contribution in [0.5, 0.6) is 10.1 Å². The summed E-state index contributed by atoms with van der Waals surface area (Å²) in [6.45, 7) is 0. The van der Waals surface area contributed by atoms with Crippen LogP contribution in [0.25, 0.3) is 0 Å². The zero-order chi connectivity index (χ0) is 10.7. The third-order valence-corrected chi connectivity index (χ3v) is 3.74. The summed E-state index contributed by atoms with van der Waals surface area (Å²) >= 11 is 3.15. The van der Waals surface area contributed by atoms with E-state index in [0.29, 0.717) is 0 Å². The van der Waals surface area contributed by atoms with Gasteiger partial charge in [-0.1, -0.05) is 22.7 Å². The molecule has 15 heavy (non-hydrogen) atoms. The van der Waals surface area contributed by atoms with E-state index < -0.39 is 0 Å². The SMILES string of the molecule is COc1ccc(Nc2ccc(OC)s2)s1. The zero-order valence-corrected chi connectivity index (χ0v) is 10.1. The lowest BCUT2D eigenvalue weighted by Gasteiger charge is -1.97. The maximum atomic E-state index is 5.12. The first kappa shape index (κ1) is 10.3. The Morgan fingerprint density at radius 2 is 1.33 bits per heavy atom. The molecule has 0 aliphatic rings. The molecule has 3 nitrogen and oxygen atoms in total. The summed E-state index contributed by atoms with van der Waals surface area (Å²) in [5.74, 6) is 0. The minimum absolute atomic E-state index is 0.904. The van der Waals surface area contributed by atoms with E-state index in [2.05, 4.69) is 5.32 Å². The number of hydrogen-bond acceptors (Lipinski definition) is 5. The number of nitrogens with one attached hydrogen (secondary N) is 1. The van der Waals surface area contributed by atoms with Crippen LogP contribution in [0.15, 0.2) is 24.3 Å². The molecule has 0 saturated heterocycles. The summed E-state index contributed by atoms with van der Waals surface area (Å²) in [5.41, 5.74) is 0. The molecule has 2 aromatic rings. The predicted molar refractivity (Wildman–Crippen MR) is 65.0 cm³/mol. The maximum absolute atomic E-state index is 5.12. The first-order chi connectivity index (χ1) is 7.31. The van der Waals surface area contributed by atoms with E-state index in [1.165, 1.54) is 0 Å². The van der Waals surface area contributed by atoms with Crippen LogP contribution in [0.1, 0.15) is 0 Å². The molecule has 2 aromatic heterocycles. The normalized spacial score (nSPS) is 10.0. The van der Waals surface area contributed by atoms with Crippen LogP contribution in [0.2, 0.25) is 0 Å². The number of anilines is 2. The summed E-state index contributed by atoms with van der Waals surface area (Å²) in [4.78, 5) is 0. The predicted octanol–water partition coefficient (Wildman–Crippen LogP) is 3.57. The molecule has 0 spiro atoms. The molecule has 1 N–H and O–H groups in total. The van der Waals surface area contributed by atoms with Gasteiger partial charge in [0.25, 0.3) is 0 Å². The first-order valence-corrected chi connectivity index (χ1v) is 6.00. The van der Waals surface area contributed by atoms with Crippen molar-refractivity contribution in [1.82, 2.24) is 0 Å². The van der Waals surface area contributed by atoms with Crippen LogP contribution in [-0.2, 0) is 0 Å². The molecule has 0 radical (unpaired) electrons. The van der Waals surface area contributed by atoms with Crippen LogP contribution in [-0.4, -0.2) is 14.2 Å². The quantitative estimate of drug-likeness (QED) is 0.887. The van der Waals surface area contributed by atoms with Gasteiger partial charge in [0, 0.05) is 0 Å². The molecule has 2 rings (SSSR count). The Morgan fingerprint density at radius 3 is 1.67 bits per heavy atom. The molecular weight excluding hydrogens is 230 g/mol. The van der Waals surface area contributed by atoms with Gasteiger partial charge in [-0.25, -0.2) is 0 Å². The van der Waals surface area contributed by atoms with E-state index in [9.17, 15) is 0 Å². The number of ether oxygens (including phenoxy) is 2. The number of rotatable bonds is 4. The Kier molecular flexibility index (Phi) is 3.13. The van der Waals surface area contributed by atoms with E-state index in [1.54, 1.807) is 36.9 Å². The second-order valence-electron chi connectivity index (χ2n) is 2.77. The molecule has 0 aromatic carbocycles. The zero-order valence-electron chi connectivity index (χ0n) is 8.44. The molecule has 0 bridgehead atoms. The van der Waals surface area contributed by atoms with Gasteiger partial charge in [-0.2, -0.15) is 0 Å². The number of hydrogen-bond donors (Lipinski definition) is 1. The lowest BCUT2D eigenvalue weighted by Crippen LogP contribution is -1.81. The average Bonchev–Trinajstić information content (AvgIpc) is 2.87. The van der Waals surface area contributed by atoms with E-state index in [0.717, 1.165) is 20.1 Å². The third-order valence-electron chi connectivity index (χ3n) is 1.81. The minimum Gasteiger partial charge on any atom is -0.487 e. The Bertz CT molecular complexity index is 396. The average molecular weight is 241 g/mol. The molecule has 0 aliphatic heterocycles. The molecule has 0 atom stereocenters. The van der Waals surface area contributed by atoms with Crippen LogP contribution in [0.3, 0.4) is 0 Å². The van der Waals surface area contributed by atoms with Gasteiger partial charge in [-0.15, -0.1) is 0 Å². The molecule has 0 saturated carbocycles. The van der Waals surface area contributed by atoms with E-state index in [4.69, 9.17) is 9.47 Å². The Morgan fingerprint density at radius 1 is 0.867 bits per heavy atom. The smallest absolute Gasteiger partial charge is 0.175 e. The summed E-state index contributed by atoms with van der Waals surface area (Å²) < 4.78 is 10.2. The minimum atomic E-state index is 0.904. The van der Waals surface area contributed by atoms with Gasteiger partial charge in [0.1, 0.15) is 0 Å². The summed E-state index contributed by atoms with van der Waals surface area (Å²) in [7, 11) is 3.34. The van der Waals surface area contributed by atoms with Crippen molar-refractivity contribution in [1.29, 1.82) is 0 Å². The van der Waals surface area contributed by atoms with Gasteiger partial charge in [-0.05, 0) is 24.3 Å². The van der Waals surface area contributed by atoms with Crippen LogP contribution >= 0.6 is 22.7 Å². The summed E-state index contributed by atoms with van der Waals surface area (Å²) in [6, 6.07) is 7.88. The molecule has 0 aliphatic carbocycles. The van der Waals surface area contributed by atoms with Crippen molar-refractivity contribution in [3.05, 3.63) is 24.3 Å². The fraction of sp³-hybridized carbons (Fsp3) is 0.200. The number of methoxy groups -OCH3 is 2. The highest BCUT2D eigenvalue weighted by Gasteiger charge is 2.03. The fourth-order valence-corrected chi connectivity index (χ4v) is 2.65. The second kappa shape index (κ2) is 4.55. The second-order valence-corrected chi connectivity index (χ2v) is 4.86. The topological polar surface area (TPSA) is 30.5 Å². The fourth-order valence-electron chi connectivity index (χ4n) is 1.12. The van der Waals surface area contributed by atoms with Crippen LogP contribution < -0.4 is 14.8 Å². The molecule has 0 unspecified atom stereocenters. The van der Waals surface area contributed by atoms with Crippen molar-refractivity contribution in [3.8, 4) is 10.1 Å². The van der Waals surface area contributed by atoms with Gasteiger partial charge < -0.3 is 14.8 Å². The van der Waals surface area contributed by atoms with Gasteiger partial charge in [0.2, 0.25) is 0 Å². The van der Waals surface area contributed by atoms with Gasteiger partial charge in [0.05, 0.1) is 24.2 Å². The number of thiophene rings is 2. The Labute approximate surface area is 96.3 Å². The molecule has 80 valence electrons. The lowest BCUT2D eigenvalue weighted by molar-refractivity contribution is 0.427. The van der Waals surface area contributed by atoms with Crippen molar-refractivity contribution < 1.29 is 9.47 Å². The molecule has 2 heterocycles. The van der Waals surface area contributed by atoms with Crippen LogP contribution in [0.4, 0.5) is 10.0 Å². The Hall–Kier alpha value is -1.20. The van der Waals surface area contributed by atoms with Gasteiger partial charge in [0.15, 0.2) is 10.1 Å². The highest BCUT2D eigenvalue weighted by molar-refractivity contribution is 7.20. The van der Waals surface area contributed by atoms with Crippen molar-refractivity contribution in [2.24, 2.45) is 0 Å². The lowest BCUT2D eigenvalue weighted by atomic mass is 10.5. The van der Waals surface area contributed by atoms with Gasteiger partial charge in [-0.3, -0.25) is 0 Å². The highest BCUT2D eigenvalue weighted by Crippen LogP contribution is 2.35. The summed E-state index contributed by atoms with van der Waals surface area (Å²) in [6.07, 6.45) is 0. The molecule has 0 fully saturated rings. The monoisotopic (exact) mass is 241 g/mol. The van der Waals surface area contributed by atoms with Crippen molar-refractivity contribution in [2.45, 2.75) is 0 Å². The summed E-state index contributed by atoms with van der Waals surface area (Å²) in [5, 5.41) is 7.23. The molecule has 5 heteroatoms. The van der Waals surface area contributed by atoms with E-state index in [1.807, 2.05) is 24.3 Å². The van der Waals surface area contributed by atoms with Crippen molar-refractivity contribution in [3.63, 3.8) is 0 Å². The Balaban J connectivity index is 2.07. The molecule has 0 amide bonds. The highest BCUT2D eigenvalue weighted by atomic mass is 32.1. The maximum Gasteiger partial charge on any atom is 0.175 e. The molecular formula is C10H11NO2S2. The van der Waals surface area contributed by atoms with Crippen molar-refractivity contribution in [2.75, 3.05) is 19.5 Å². The van der Waals surface area contributed by atoms with Crippen molar-refractivity contribution >= 4 is 32.7 Å². The van der Waals surface area contributed by atoms with E-state index in [-0.39, 0.29) is 0 Å². The van der Waals surface area contributed by atoms with E-state index >= 15 is 0 Å². The largest absolute Gasteiger partial charge is 0.487 e. The van der Waals surface area contributed by atoms with Gasteiger partial charge >= 0.3 is 0 Å². The first-order valence-electron chi connectivity index (χ1n) is 4.36. The third kappa shape index (κ3) is 2.43. The standard InChI is InChI=1S/C10H11NO2S2/c1-12-9-5-3-7(14-9)11-8-4-6-10(13-2)15-8/h3-6,11H,1-2H3. The van der Waals surface area contributed by atoms with Crippen LogP contribution in [0, 0.1) is 0 Å².